The van der Waals surface area contributed by atoms with Gasteiger partial charge >= 0.3 is 0 Å². The average Bonchev–Trinajstić information content (AvgIpc) is 2.37. The molecule has 7 nitrogen and oxygen atoms in total. The highest BCUT2D eigenvalue weighted by molar-refractivity contribution is 5.99. The van der Waals surface area contributed by atoms with E-state index >= 15 is 0 Å². The fraction of sp³-hybridized carbons (Fsp3) is 0.333. The van der Waals surface area contributed by atoms with E-state index in [0.717, 1.165) is 23.1 Å². The maximum absolute atomic E-state index is 13.1. The number of halogens is 1. The van der Waals surface area contributed by atoms with Gasteiger partial charge < -0.3 is 10.2 Å². The Balaban J connectivity index is 2.99. The molecule has 108 valence electrons. The lowest BCUT2D eigenvalue weighted by atomic mass is 10.1. The third kappa shape index (κ3) is 3.74. The first-order valence-corrected chi connectivity index (χ1v) is 5.83. The highest BCUT2D eigenvalue weighted by Crippen LogP contribution is 2.20. The molecule has 0 aliphatic carbocycles. The van der Waals surface area contributed by atoms with Crippen LogP contribution in [0.5, 0.6) is 0 Å². The number of benzene rings is 1. The van der Waals surface area contributed by atoms with Crippen LogP contribution in [0.4, 0.5) is 10.1 Å². The zero-order valence-corrected chi connectivity index (χ0v) is 11.1. The third-order valence-electron chi connectivity index (χ3n) is 2.49. The molecule has 1 aromatic carbocycles. The number of amides is 2. The molecule has 0 fully saturated rings. The fourth-order valence-electron chi connectivity index (χ4n) is 1.58. The average molecular weight is 283 g/mol. The van der Waals surface area contributed by atoms with Crippen LogP contribution in [0, 0.1) is 15.9 Å². The van der Waals surface area contributed by atoms with Crippen molar-refractivity contribution in [1.82, 2.24) is 10.2 Å². The molecule has 0 heterocycles. The van der Waals surface area contributed by atoms with E-state index in [1.54, 1.807) is 6.92 Å². The van der Waals surface area contributed by atoms with Gasteiger partial charge in [-0.05, 0) is 19.1 Å². The summed E-state index contributed by atoms with van der Waals surface area (Å²) in [5.74, 6) is -1.95. The minimum atomic E-state index is -0.789. The largest absolute Gasteiger partial charge is 0.355 e. The van der Waals surface area contributed by atoms with Crippen molar-refractivity contribution < 1.29 is 18.9 Å². The molecule has 2 amide bonds. The molecule has 0 bridgehead atoms. The lowest BCUT2D eigenvalue weighted by molar-refractivity contribution is -0.385. The van der Waals surface area contributed by atoms with E-state index in [2.05, 4.69) is 5.32 Å². The van der Waals surface area contributed by atoms with Crippen LogP contribution in [0.3, 0.4) is 0 Å². The number of carbonyl (C=O) groups is 2. The molecule has 0 saturated heterocycles. The van der Waals surface area contributed by atoms with Crippen LogP contribution < -0.4 is 5.32 Å². The predicted molar refractivity (Wildman–Crippen MR) is 68.7 cm³/mol. The van der Waals surface area contributed by atoms with Gasteiger partial charge in [-0.25, -0.2) is 4.39 Å². The zero-order valence-electron chi connectivity index (χ0n) is 11.1. The Morgan fingerprint density at radius 3 is 2.65 bits per heavy atom. The maximum Gasteiger partial charge on any atom is 0.282 e. The van der Waals surface area contributed by atoms with E-state index in [4.69, 9.17) is 0 Å². The summed E-state index contributed by atoms with van der Waals surface area (Å²) < 4.78 is 13.1. The number of nitro benzene ring substituents is 1. The van der Waals surface area contributed by atoms with Gasteiger partial charge in [-0.1, -0.05) is 0 Å². The standard InChI is InChI=1S/C12H14FN3O4/c1-3-14-11(17)7-15(2)12(18)9-6-8(13)4-5-10(9)16(19)20/h4-6H,3,7H2,1-2H3,(H,14,17). The molecule has 1 aromatic rings. The lowest BCUT2D eigenvalue weighted by Crippen LogP contribution is -2.38. The summed E-state index contributed by atoms with van der Waals surface area (Å²) in [6.45, 7) is 1.86. The van der Waals surface area contributed by atoms with Gasteiger partial charge in [-0.3, -0.25) is 19.7 Å². The molecule has 20 heavy (non-hydrogen) atoms. The molecule has 0 atom stereocenters. The molecule has 0 aliphatic rings. The zero-order chi connectivity index (χ0) is 15.3. The normalized spacial score (nSPS) is 9.95. The maximum atomic E-state index is 13.1. The summed E-state index contributed by atoms with van der Waals surface area (Å²) in [5, 5.41) is 13.3. The Bertz CT molecular complexity index is 548. The minimum Gasteiger partial charge on any atom is -0.355 e. The number of likely N-dealkylation sites (N-methyl/N-ethyl adjacent to an activating group) is 2. The van der Waals surface area contributed by atoms with Crippen molar-refractivity contribution in [1.29, 1.82) is 0 Å². The van der Waals surface area contributed by atoms with Crippen LogP contribution in [-0.4, -0.2) is 41.8 Å². The van der Waals surface area contributed by atoms with Gasteiger partial charge in [0, 0.05) is 19.7 Å². The van der Waals surface area contributed by atoms with E-state index < -0.39 is 28.2 Å². The summed E-state index contributed by atoms with van der Waals surface area (Å²) in [6.07, 6.45) is 0. The number of carbonyl (C=O) groups excluding carboxylic acids is 2. The number of hydrogen-bond donors (Lipinski definition) is 1. The molecule has 1 rings (SSSR count). The summed E-state index contributed by atoms with van der Waals surface area (Å²) in [6, 6.07) is 2.61. The highest BCUT2D eigenvalue weighted by Gasteiger charge is 2.24. The van der Waals surface area contributed by atoms with Crippen molar-refractivity contribution in [3.63, 3.8) is 0 Å². The van der Waals surface area contributed by atoms with Crippen LogP contribution in [-0.2, 0) is 4.79 Å². The van der Waals surface area contributed by atoms with Gasteiger partial charge in [-0.15, -0.1) is 0 Å². The fourth-order valence-corrected chi connectivity index (χ4v) is 1.58. The SMILES string of the molecule is CCNC(=O)CN(C)C(=O)c1cc(F)ccc1[N+](=O)[O-]. The van der Waals surface area contributed by atoms with Crippen molar-refractivity contribution in [3.05, 3.63) is 39.7 Å². The van der Waals surface area contributed by atoms with Crippen molar-refractivity contribution in [2.24, 2.45) is 0 Å². The molecule has 0 spiro atoms. The van der Waals surface area contributed by atoms with Crippen molar-refractivity contribution in [3.8, 4) is 0 Å². The Labute approximate surface area is 114 Å². The first kappa shape index (κ1) is 15.5. The van der Waals surface area contributed by atoms with E-state index in [0.29, 0.717) is 6.54 Å². The molecule has 0 aliphatic heterocycles. The topological polar surface area (TPSA) is 92.6 Å². The van der Waals surface area contributed by atoms with Gasteiger partial charge in [-0.2, -0.15) is 0 Å². The van der Waals surface area contributed by atoms with Crippen LogP contribution in [0.25, 0.3) is 0 Å². The first-order valence-electron chi connectivity index (χ1n) is 5.83. The molecule has 1 N–H and O–H groups in total. The van der Waals surface area contributed by atoms with E-state index in [9.17, 15) is 24.1 Å². The van der Waals surface area contributed by atoms with Gasteiger partial charge in [0.1, 0.15) is 11.4 Å². The quantitative estimate of drug-likeness (QED) is 0.643. The second kappa shape index (κ2) is 6.60. The Hall–Kier alpha value is -2.51. The number of nitro groups is 1. The Kier molecular flexibility index (Phi) is 5.13. The minimum absolute atomic E-state index is 0.264. The number of hydrogen-bond acceptors (Lipinski definition) is 4. The van der Waals surface area contributed by atoms with Gasteiger partial charge in [0.15, 0.2) is 0 Å². The summed E-state index contributed by atoms with van der Waals surface area (Å²) >= 11 is 0. The Morgan fingerprint density at radius 2 is 2.10 bits per heavy atom. The molecule has 0 saturated carbocycles. The number of nitrogens with zero attached hydrogens (tertiary/aromatic N) is 2. The van der Waals surface area contributed by atoms with Crippen LogP contribution in [0.1, 0.15) is 17.3 Å². The molecular weight excluding hydrogens is 269 g/mol. The third-order valence-corrected chi connectivity index (χ3v) is 2.49. The van der Waals surface area contributed by atoms with E-state index in [-0.39, 0.29) is 12.1 Å². The second-order valence-corrected chi connectivity index (χ2v) is 4.03. The monoisotopic (exact) mass is 283 g/mol. The smallest absolute Gasteiger partial charge is 0.282 e. The molecular formula is C12H14FN3O4. The first-order chi connectivity index (χ1) is 9.36. The Morgan fingerprint density at radius 1 is 1.45 bits per heavy atom. The summed E-state index contributed by atoms with van der Waals surface area (Å²) in [5.41, 5.74) is -0.888. The number of rotatable bonds is 5. The second-order valence-electron chi connectivity index (χ2n) is 4.03. The molecule has 0 unspecified atom stereocenters. The van der Waals surface area contributed by atoms with Crippen molar-refractivity contribution >= 4 is 17.5 Å². The molecule has 8 heteroatoms. The van der Waals surface area contributed by atoms with Crippen LogP contribution >= 0.6 is 0 Å². The van der Waals surface area contributed by atoms with Gasteiger partial charge in [0.05, 0.1) is 11.5 Å². The van der Waals surface area contributed by atoms with E-state index in [1.807, 2.05) is 0 Å². The van der Waals surface area contributed by atoms with Crippen LogP contribution in [0.15, 0.2) is 18.2 Å². The van der Waals surface area contributed by atoms with Gasteiger partial charge in [0.2, 0.25) is 5.91 Å². The lowest BCUT2D eigenvalue weighted by Gasteiger charge is -2.16. The summed E-state index contributed by atoms with van der Waals surface area (Å²) in [7, 11) is 1.31. The van der Waals surface area contributed by atoms with Gasteiger partial charge in [0.25, 0.3) is 11.6 Å². The molecule has 0 aromatic heterocycles. The van der Waals surface area contributed by atoms with Crippen molar-refractivity contribution in [2.75, 3.05) is 20.1 Å². The van der Waals surface area contributed by atoms with Crippen molar-refractivity contribution in [2.45, 2.75) is 6.92 Å². The predicted octanol–water partition coefficient (Wildman–Crippen LogP) is 0.942. The number of nitrogens with one attached hydrogen (secondary N) is 1. The molecule has 0 radical (unpaired) electrons. The summed E-state index contributed by atoms with van der Waals surface area (Å²) in [4.78, 5) is 34.4. The highest BCUT2D eigenvalue weighted by atomic mass is 19.1. The van der Waals surface area contributed by atoms with Crippen LogP contribution in [0.2, 0.25) is 0 Å². The van der Waals surface area contributed by atoms with E-state index in [1.165, 1.54) is 7.05 Å².